The van der Waals surface area contributed by atoms with Crippen LogP contribution in [-0.2, 0) is 0 Å². The second-order valence-electron chi connectivity index (χ2n) is 3.10. The molecule has 1 aromatic rings. The molecule has 0 aliphatic heterocycles. The van der Waals surface area contributed by atoms with E-state index in [4.69, 9.17) is 15.2 Å². The Hall–Kier alpha value is -1.19. The predicted octanol–water partition coefficient (Wildman–Crippen LogP) is 2.70. The third-order valence-corrected chi connectivity index (χ3v) is 2.13. The van der Waals surface area contributed by atoms with Crippen LogP contribution in [0.2, 0.25) is 0 Å². The summed E-state index contributed by atoms with van der Waals surface area (Å²) in [5.41, 5.74) is 6.80. The second kappa shape index (κ2) is 7.14. The van der Waals surface area contributed by atoms with Crippen molar-refractivity contribution in [3.63, 3.8) is 0 Å². The van der Waals surface area contributed by atoms with E-state index in [1.165, 1.54) is 0 Å². The molecule has 2 N–H and O–H groups in total. The fourth-order valence-electron chi connectivity index (χ4n) is 1.31. The van der Waals surface area contributed by atoms with E-state index in [9.17, 15) is 0 Å². The highest BCUT2D eigenvalue weighted by molar-refractivity contribution is 5.85. The first-order valence-corrected chi connectivity index (χ1v) is 4.91. The Kier molecular flexibility index (Phi) is 6.61. The zero-order valence-electron chi connectivity index (χ0n) is 9.60. The summed E-state index contributed by atoms with van der Waals surface area (Å²) in [5, 5.41) is 0. The van der Waals surface area contributed by atoms with Crippen molar-refractivity contribution >= 4 is 12.4 Å². The maximum Gasteiger partial charge on any atom is 0.161 e. The lowest BCUT2D eigenvalue weighted by atomic mass is 10.1. The van der Waals surface area contributed by atoms with Gasteiger partial charge in [0.25, 0.3) is 0 Å². The van der Waals surface area contributed by atoms with Crippen LogP contribution in [0.5, 0.6) is 11.5 Å². The highest BCUT2D eigenvalue weighted by Crippen LogP contribution is 2.29. The average Bonchev–Trinajstić information content (AvgIpc) is 2.28. The van der Waals surface area contributed by atoms with Gasteiger partial charge in [0.15, 0.2) is 11.5 Å². The molecular formula is C12H18ClNO2. The predicted molar refractivity (Wildman–Crippen MR) is 68.5 cm³/mol. The second-order valence-corrected chi connectivity index (χ2v) is 3.10. The van der Waals surface area contributed by atoms with Crippen LogP contribution in [0, 0.1) is 0 Å². The van der Waals surface area contributed by atoms with Gasteiger partial charge in [-0.1, -0.05) is 12.1 Å². The van der Waals surface area contributed by atoms with Crippen LogP contribution in [0.4, 0.5) is 0 Å². The summed E-state index contributed by atoms with van der Waals surface area (Å²) in [7, 11) is 1.62. The molecule has 16 heavy (non-hydrogen) atoms. The normalized spacial score (nSPS) is 11.2. The molecule has 0 unspecified atom stereocenters. The van der Waals surface area contributed by atoms with E-state index < -0.39 is 0 Å². The Morgan fingerprint density at radius 1 is 1.44 bits per heavy atom. The summed E-state index contributed by atoms with van der Waals surface area (Å²) in [5.74, 6) is 1.44. The maximum absolute atomic E-state index is 5.84. The quantitative estimate of drug-likeness (QED) is 0.809. The maximum atomic E-state index is 5.84. The van der Waals surface area contributed by atoms with Crippen molar-refractivity contribution in [3.8, 4) is 11.5 Å². The first-order valence-electron chi connectivity index (χ1n) is 4.91. The van der Waals surface area contributed by atoms with E-state index in [1.807, 2.05) is 25.1 Å². The molecular weight excluding hydrogens is 226 g/mol. The van der Waals surface area contributed by atoms with Crippen molar-refractivity contribution in [3.05, 3.63) is 36.4 Å². The van der Waals surface area contributed by atoms with Gasteiger partial charge < -0.3 is 15.2 Å². The van der Waals surface area contributed by atoms with Crippen LogP contribution >= 0.6 is 12.4 Å². The van der Waals surface area contributed by atoms with Crippen LogP contribution in [0.1, 0.15) is 18.5 Å². The van der Waals surface area contributed by atoms with Gasteiger partial charge in [0.2, 0.25) is 0 Å². The number of ether oxygens (including phenoxy) is 2. The molecule has 0 amide bonds. The molecule has 90 valence electrons. The van der Waals surface area contributed by atoms with Crippen molar-refractivity contribution in [1.82, 2.24) is 0 Å². The van der Waals surface area contributed by atoms with Crippen molar-refractivity contribution < 1.29 is 9.47 Å². The van der Waals surface area contributed by atoms with Gasteiger partial charge in [-0.15, -0.1) is 19.0 Å². The smallest absolute Gasteiger partial charge is 0.161 e. The number of nitrogens with two attached hydrogens (primary N) is 1. The molecule has 1 aromatic carbocycles. The van der Waals surface area contributed by atoms with Crippen LogP contribution in [0.3, 0.4) is 0 Å². The van der Waals surface area contributed by atoms with E-state index in [0.717, 1.165) is 17.1 Å². The summed E-state index contributed by atoms with van der Waals surface area (Å²) < 4.78 is 10.6. The molecule has 1 rings (SSSR count). The first-order chi connectivity index (χ1) is 7.22. The van der Waals surface area contributed by atoms with Gasteiger partial charge >= 0.3 is 0 Å². The van der Waals surface area contributed by atoms with E-state index in [1.54, 1.807) is 13.2 Å². The standard InChI is InChI=1S/C12H17NO2.ClH/c1-4-10(13)9-6-7-11(14-3)12(8-9)15-5-2;/h4,6-8,10H,1,5,13H2,2-3H3;1H/t10-;/m0./s1. The zero-order valence-corrected chi connectivity index (χ0v) is 10.4. The number of hydrogen-bond acceptors (Lipinski definition) is 3. The zero-order chi connectivity index (χ0) is 11.3. The molecule has 0 aliphatic rings. The van der Waals surface area contributed by atoms with Gasteiger partial charge in [-0.2, -0.15) is 0 Å². The van der Waals surface area contributed by atoms with Gasteiger partial charge in [-0.3, -0.25) is 0 Å². The average molecular weight is 244 g/mol. The fraction of sp³-hybridized carbons (Fsp3) is 0.333. The lowest BCUT2D eigenvalue weighted by Gasteiger charge is -2.13. The molecule has 0 radical (unpaired) electrons. The van der Waals surface area contributed by atoms with E-state index in [2.05, 4.69) is 6.58 Å². The lowest BCUT2D eigenvalue weighted by molar-refractivity contribution is 0.310. The Labute approximate surface area is 103 Å². The van der Waals surface area contributed by atoms with Crippen molar-refractivity contribution in [1.29, 1.82) is 0 Å². The summed E-state index contributed by atoms with van der Waals surface area (Å²) in [6.45, 7) is 6.19. The van der Waals surface area contributed by atoms with Crippen molar-refractivity contribution in [2.45, 2.75) is 13.0 Å². The third kappa shape index (κ3) is 3.43. The number of halogens is 1. The molecule has 3 nitrogen and oxygen atoms in total. The van der Waals surface area contributed by atoms with Crippen LogP contribution < -0.4 is 15.2 Å². The molecule has 0 bridgehead atoms. The SMILES string of the molecule is C=C[C@H](N)c1ccc(OC)c(OCC)c1.Cl. The summed E-state index contributed by atoms with van der Waals surface area (Å²) in [4.78, 5) is 0. The van der Waals surface area contributed by atoms with Gasteiger partial charge in [0, 0.05) is 6.04 Å². The monoisotopic (exact) mass is 243 g/mol. The minimum absolute atomic E-state index is 0. The Morgan fingerprint density at radius 2 is 2.12 bits per heavy atom. The molecule has 0 aromatic heterocycles. The lowest BCUT2D eigenvalue weighted by Crippen LogP contribution is -2.07. The van der Waals surface area contributed by atoms with Crippen molar-refractivity contribution in [2.24, 2.45) is 5.73 Å². The fourth-order valence-corrected chi connectivity index (χ4v) is 1.31. The highest BCUT2D eigenvalue weighted by Gasteiger charge is 2.08. The topological polar surface area (TPSA) is 44.5 Å². The summed E-state index contributed by atoms with van der Waals surface area (Å²) >= 11 is 0. The summed E-state index contributed by atoms with van der Waals surface area (Å²) in [6.07, 6.45) is 1.69. The Balaban J connectivity index is 0.00000225. The summed E-state index contributed by atoms with van der Waals surface area (Å²) in [6, 6.07) is 5.47. The van der Waals surface area contributed by atoms with Crippen LogP contribution in [-0.4, -0.2) is 13.7 Å². The van der Waals surface area contributed by atoms with Gasteiger partial charge in [0.1, 0.15) is 0 Å². The Morgan fingerprint density at radius 3 is 2.62 bits per heavy atom. The van der Waals surface area contributed by atoms with Gasteiger partial charge in [-0.05, 0) is 24.6 Å². The largest absolute Gasteiger partial charge is 0.493 e. The number of benzene rings is 1. The van der Waals surface area contributed by atoms with E-state index >= 15 is 0 Å². The first kappa shape index (κ1) is 14.8. The van der Waals surface area contributed by atoms with E-state index in [-0.39, 0.29) is 18.4 Å². The molecule has 1 atom stereocenters. The molecule has 4 heteroatoms. The van der Waals surface area contributed by atoms with E-state index in [0.29, 0.717) is 6.61 Å². The number of hydrogen-bond donors (Lipinski definition) is 1. The molecule has 0 saturated heterocycles. The van der Waals surface area contributed by atoms with Gasteiger partial charge in [0.05, 0.1) is 13.7 Å². The molecule has 0 heterocycles. The minimum Gasteiger partial charge on any atom is -0.493 e. The highest BCUT2D eigenvalue weighted by atomic mass is 35.5. The molecule has 0 saturated carbocycles. The van der Waals surface area contributed by atoms with Crippen LogP contribution in [0.25, 0.3) is 0 Å². The Bertz CT molecular complexity index is 342. The van der Waals surface area contributed by atoms with Crippen molar-refractivity contribution in [2.75, 3.05) is 13.7 Å². The molecule has 0 fully saturated rings. The minimum atomic E-state index is -0.171. The molecule has 0 spiro atoms. The number of rotatable bonds is 5. The number of methoxy groups -OCH3 is 1. The van der Waals surface area contributed by atoms with Gasteiger partial charge in [-0.25, -0.2) is 0 Å². The molecule has 0 aliphatic carbocycles. The van der Waals surface area contributed by atoms with Crippen LogP contribution in [0.15, 0.2) is 30.9 Å². The third-order valence-electron chi connectivity index (χ3n) is 2.13.